The van der Waals surface area contributed by atoms with E-state index in [9.17, 15) is 8.78 Å². The number of aromatic nitrogens is 3. The fourth-order valence-electron chi connectivity index (χ4n) is 0.869. The lowest BCUT2D eigenvalue weighted by atomic mass is 10.2. The molecule has 1 unspecified atom stereocenters. The van der Waals surface area contributed by atoms with Gasteiger partial charge in [0.1, 0.15) is 6.04 Å². The molecule has 13 heavy (non-hydrogen) atoms. The molecule has 0 amide bonds. The highest BCUT2D eigenvalue weighted by atomic mass is 19.3. The molecule has 5 heteroatoms. The van der Waals surface area contributed by atoms with Crippen LogP contribution >= 0.6 is 0 Å². The lowest BCUT2D eigenvalue weighted by molar-refractivity contribution is 0.0845. The molecule has 1 aromatic heterocycles. The molecular formula is C8H13F2N3. The van der Waals surface area contributed by atoms with Crippen molar-refractivity contribution >= 4 is 0 Å². The van der Waals surface area contributed by atoms with Crippen LogP contribution in [0.25, 0.3) is 0 Å². The summed E-state index contributed by atoms with van der Waals surface area (Å²) in [6.07, 6.45) is -0.830. The van der Waals surface area contributed by atoms with Gasteiger partial charge in [0.05, 0.1) is 5.69 Å². The SMILES string of the molecule is CC(C)c1cn(C(C)C(F)F)nn1. The molecule has 0 aromatic carbocycles. The Bertz CT molecular complexity index is 270. The minimum Gasteiger partial charge on any atom is -0.244 e. The maximum atomic E-state index is 12.2. The summed E-state index contributed by atoms with van der Waals surface area (Å²) >= 11 is 0. The molecule has 0 aliphatic rings. The van der Waals surface area contributed by atoms with E-state index in [4.69, 9.17) is 0 Å². The van der Waals surface area contributed by atoms with Crippen LogP contribution in [0.4, 0.5) is 8.78 Å². The molecule has 0 aliphatic heterocycles. The monoisotopic (exact) mass is 189 g/mol. The van der Waals surface area contributed by atoms with Crippen LogP contribution in [0.1, 0.15) is 38.4 Å². The van der Waals surface area contributed by atoms with E-state index in [2.05, 4.69) is 10.3 Å². The van der Waals surface area contributed by atoms with Gasteiger partial charge < -0.3 is 0 Å². The van der Waals surface area contributed by atoms with Gasteiger partial charge in [-0.25, -0.2) is 13.5 Å². The predicted molar refractivity (Wildman–Crippen MR) is 44.8 cm³/mol. The Morgan fingerprint density at radius 2 is 1.92 bits per heavy atom. The first-order valence-corrected chi connectivity index (χ1v) is 4.22. The van der Waals surface area contributed by atoms with Gasteiger partial charge in [0.25, 0.3) is 6.43 Å². The number of hydrogen-bond donors (Lipinski definition) is 0. The Hall–Kier alpha value is -1.00. The normalized spacial score (nSPS) is 14.1. The van der Waals surface area contributed by atoms with E-state index in [1.807, 2.05) is 13.8 Å². The molecule has 0 N–H and O–H groups in total. The summed E-state index contributed by atoms with van der Waals surface area (Å²) in [7, 11) is 0. The van der Waals surface area contributed by atoms with Gasteiger partial charge in [-0.3, -0.25) is 0 Å². The van der Waals surface area contributed by atoms with Crippen molar-refractivity contribution in [2.75, 3.05) is 0 Å². The molecule has 0 radical (unpaired) electrons. The number of halogens is 2. The summed E-state index contributed by atoms with van der Waals surface area (Å²) in [5.74, 6) is 0.221. The summed E-state index contributed by atoms with van der Waals surface area (Å²) in [6.45, 7) is 5.31. The van der Waals surface area contributed by atoms with Crippen LogP contribution < -0.4 is 0 Å². The fraction of sp³-hybridized carbons (Fsp3) is 0.750. The average Bonchev–Trinajstić information content (AvgIpc) is 2.50. The van der Waals surface area contributed by atoms with Gasteiger partial charge in [0.2, 0.25) is 0 Å². The minimum absolute atomic E-state index is 0.221. The second kappa shape index (κ2) is 3.81. The largest absolute Gasteiger partial charge is 0.260 e. The van der Waals surface area contributed by atoms with Crippen molar-refractivity contribution in [1.82, 2.24) is 15.0 Å². The van der Waals surface area contributed by atoms with E-state index < -0.39 is 12.5 Å². The molecule has 1 heterocycles. The summed E-state index contributed by atoms with van der Waals surface area (Å²) in [6, 6.07) is -0.903. The molecule has 3 nitrogen and oxygen atoms in total. The molecule has 0 spiro atoms. The van der Waals surface area contributed by atoms with Crippen LogP contribution in [0.15, 0.2) is 6.20 Å². The van der Waals surface area contributed by atoms with Gasteiger partial charge in [0.15, 0.2) is 0 Å². The smallest absolute Gasteiger partial charge is 0.244 e. The molecule has 0 saturated carbocycles. The van der Waals surface area contributed by atoms with Gasteiger partial charge in [0, 0.05) is 6.20 Å². The second-order valence-corrected chi connectivity index (χ2v) is 3.35. The van der Waals surface area contributed by atoms with Crippen molar-refractivity contribution in [2.45, 2.75) is 39.2 Å². The van der Waals surface area contributed by atoms with Crippen LogP contribution in [-0.4, -0.2) is 21.4 Å². The molecule has 1 atom stereocenters. The van der Waals surface area contributed by atoms with Gasteiger partial charge in [-0.15, -0.1) is 5.10 Å². The quantitative estimate of drug-likeness (QED) is 0.730. The van der Waals surface area contributed by atoms with Crippen LogP contribution in [0.2, 0.25) is 0 Å². The zero-order valence-electron chi connectivity index (χ0n) is 7.91. The van der Waals surface area contributed by atoms with Crippen molar-refractivity contribution in [2.24, 2.45) is 0 Å². The Kier molecular flexibility index (Phi) is 2.95. The molecule has 0 aliphatic carbocycles. The third kappa shape index (κ3) is 2.23. The Balaban J connectivity index is 2.79. The topological polar surface area (TPSA) is 30.7 Å². The first kappa shape index (κ1) is 10.1. The third-order valence-electron chi connectivity index (χ3n) is 1.90. The maximum Gasteiger partial charge on any atom is 0.260 e. The molecule has 0 saturated heterocycles. The van der Waals surface area contributed by atoms with E-state index in [0.29, 0.717) is 0 Å². The first-order valence-electron chi connectivity index (χ1n) is 4.22. The predicted octanol–water partition coefficient (Wildman–Crippen LogP) is 2.23. The van der Waals surface area contributed by atoms with Crippen molar-refractivity contribution < 1.29 is 8.78 Å². The van der Waals surface area contributed by atoms with E-state index >= 15 is 0 Å². The van der Waals surface area contributed by atoms with Crippen molar-refractivity contribution in [1.29, 1.82) is 0 Å². The lowest BCUT2D eigenvalue weighted by Crippen LogP contribution is -2.14. The van der Waals surface area contributed by atoms with Crippen LogP contribution in [-0.2, 0) is 0 Å². The van der Waals surface area contributed by atoms with Gasteiger partial charge in [-0.1, -0.05) is 19.1 Å². The molecule has 1 aromatic rings. The van der Waals surface area contributed by atoms with Crippen molar-refractivity contribution in [3.63, 3.8) is 0 Å². The summed E-state index contributed by atoms with van der Waals surface area (Å²) in [4.78, 5) is 0. The third-order valence-corrected chi connectivity index (χ3v) is 1.90. The zero-order chi connectivity index (χ0) is 10.0. The standard InChI is InChI=1S/C8H13F2N3/c1-5(2)7-4-13(12-11-7)6(3)8(9)10/h4-6,8H,1-3H3. The highest BCUT2D eigenvalue weighted by Crippen LogP contribution is 2.16. The Morgan fingerprint density at radius 1 is 1.31 bits per heavy atom. The molecule has 74 valence electrons. The summed E-state index contributed by atoms with van der Waals surface area (Å²) in [5, 5.41) is 7.44. The average molecular weight is 189 g/mol. The number of alkyl halides is 2. The molecule has 1 rings (SSSR count). The highest BCUT2D eigenvalue weighted by Gasteiger charge is 2.18. The Labute approximate surface area is 75.7 Å². The summed E-state index contributed by atoms with van der Waals surface area (Å²) < 4.78 is 25.7. The Morgan fingerprint density at radius 3 is 2.31 bits per heavy atom. The van der Waals surface area contributed by atoms with Gasteiger partial charge in [-0.05, 0) is 12.8 Å². The minimum atomic E-state index is -2.40. The van der Waals surface area contributed by atoms with Gasteiger partial charge >= 0.3 is 0 Å². The second-order valence-electron chi connectivity index (χ2n) is 3.35. The van der Waals surface area contributed by atoms with Crippen LogP contribution in [0.3, 0.4) is 0 Å². The van der Waals surface area contributed by atoms with Crippen molar-refractivity contribution in [3.8, 4) is 0 Å². The van der Waals surface area contributed by atoms with Crippen LogP contribution in [0, 0.1) is 0 Å². The van der Waals surface area contributed by atoms with E-state index in [0.717, 1.165) is 5.69 Å². The lowest BCUT2D eigenvalue weighted by Gasteiger charge is -2.08. The van der Waals surface area contributed by atoms with Gasteiger partial charge in [-0.2, -0.15) is 0 Å². The number of hydrogen-bond acceptors (Lipinski definition) is 2. The van der Waals surface area contributed by atoms with E-state index in [-0.39, 0.29) is 5.92 Å². The van der Waals surface area contributed by atoms with Crippen molar-refractivity contribution in [3.05, 3.63) is 11.9 Å². The number of rotatable bonds is 3. The zero-order valence-corrected chi connectivity index (χ0v) is 7.91. The molecule has 0 fully saturated rings. The number of nitrogens with zero attached hydrogens (tertiary/aromatic N) is 3. The highest BCUT2D eigenvalue weighted by molar-refractivity contribution is 4.98. The summed E-state index contributed by atoms with van der Waals surface area (Å²) in [5.41, 5.74) is 0.743. The fourth-order valence-corrected chi connectivity index (χ4v) is 0.869. The maximum absolute atomic E-state index is 12.2. The first-order chi connectivity index (χ1) is 6.02. The van der Waals surface area contributed by atoms with E-state index in [1.165, 1.54) is 11.6 Å². The molecule has 0 bridgehead atoms. The van der Waals surface area contributed by atoms with E-state index in [1.54, 1.807) is 6.20 Å². The van der Waals surface area contributed by atoms with Crippen LogP contribution in [0.5, 0.6) is 0 Å². The molecular weight excluding hydrogens is 176 g/mol.